The van der Waals surface area contributed by atoms with E-state index >= 15 is 0 Å². The summed E-state index contributed by atoms with van der Waals surface area (Å²) in [4.78, 5) is 16.4. The summed E-state index contributed by atoms with van der Waals surface area (Å²) in [5, 5.41) is 8.71. The van der Waals surface area contributed by atoms with Gasteiger partial charge in [-0.25, -0.2) is 4.98 Å². The van der Waals surface area contributed by atoms with E-state index in [4.69, 9.17) is 0 Å². The summed E-state index contributed by atoms with van der Waals surface area (Å²) in [6.45, 7) is 4.97. The van der Waals surface area contributed by atoms with E-state index < -0.39 is 0 Å². The van der Waals surface area contributed by atoms with Crippen LogP contribution in [0.5, 0.6) is 0 Å². The van der Waals surface area contributed by atoms with Crippen molar-refractivity contribution in [2.24, 2.45) is 0 Å². The number of nitrogens with one attached hydrogen (secondary N) is 2. The van der Waals surface area contributed by atoms with E-state index in [1.165, 1.54) is 42.6 Å². The third kappa shape index (κ3) is 6.02. The van der Waals surface area contributed by atoms with Crippen molar-refractivity contribution in [1.29, 1.82) is 0 Å². The first-order valence-electron chi connectivity index (χ1n) is 8.26. The molecule has 0 atom stereocenters. The molecule has 2 N–H and O–H groups in total. The summed E-state index contributed by atoms with van der Waals surface area (Å²) in [6, 6.07) is 8.09. The third-order valence-electron chi connectivity index (χ3n) is 3.57. The lowest BCUT2D eigenvalue weighted by atomic mass is 10.1. The molecule has 0 saturated heterocycles. The molecule has 0 saturated carbocycles. The molecular weight excluding hydrogens is 306 g/mol. The van der Waals surface area contributed by atoms with Gasteiger partial charge in [-0.05, 0) is 31.0 Å². The predicted molar refractivity (Wildman–Crippen MR) is 97.7 cm³/mol. The van der Waals surface area contributed by atoms with Gasteiger partial charge in [-0.15, -0.1) is 11.3 Å². The van der Waals surface area contributed by atoms with Crippen LogP contribution in [0.25, 0.3) is 0 Å². The quantitative estimate of drug-likeness (QED) is 0.643. The Morgan fingerprint density at radius 2 is 2.04 bits per heavy atom. The summed E-state index contributed by atoms with van der Waals surface area (Å²) in [5.74, 6) is -0.0889. The molecule has 2 aromatic rings. The Kier molecular flexibility index (Phi) is 7.07. The zero-order chi connectivity index (χ0) is 16.5. The second-order valence-electron chi connectivity index (χ2n) is 5.70. The minimum atomic E-state index is -0.0889. The van der Waals surface area contributed by atoms with Crippen LogP contribution in [0.2, 0.25) is 0 Å². The zero-order valence-electron chi connectivity index (χ0n) is 13.9. The van der Waals surface area contributed by atoms with Gasteiger partial charge in [-0.3, -0.25) is 4.79 Å². The van der Waals surface area contributed by atoms with Crippen LogP contribution in [-0.2, 0) is 0 Å². The number of rotatable bonds is 9. The molecule has 0 radical (unpaired) electrons. The van der Waals surface area contributed by atoms with Gasteiger partial charge < -0.3 is 10.6 Å². The summed E-state index contributed by atoms with van der Waals surface area (Å²) < 4.78 is 0. The van der Waals surface area contributed by atoms with Crippen molar-refractivity contribution in [3.8, 4) is 0 Å². The van der Waals surface area contributed by atoms with E-state index in [2.05, 4.69) is 28.6 Å². The van der Waals surface area contributed by atoms with Gasteiger partial charge in [0, 0.05) is 17.6 Å². The average molecular weight is 331 g/mol. The van der Waals surface area contributed by atoms with E-state index in [1.54, 1.807) is 5.38 Å². The van der Waals surface area contributed by atoms with Crippen LogP contribution in [0.15, 0.2) is 29.6 Å². The van der Waals surface area contributed by atoms with Crippen molar-refractivity contribution in [1.82, 2.24) is 10.3 Å². The highest BCUT2D eigenvalue weighted by atomic mass is 32.1. The van der Waals surface area contributed by atoms with Crippen LogP contribution in [-0.4, -0.2) is 17.4 Å². The molecule has 0 spiro atoms. The van der Waals surface area contributed by atoms with Gasteiger partial charge in [0.25, 0.3) is 5.91 Å². The van der Waals surface area contributed by atoms with Crippen molar-refractivity contribution in [3.63, 3.8) is 0 Å². The average Bonchev–Trinajstić information content (AvgIpc) is 2.99. The van der Waals surface area contributed by atoms with Crippen molar-refractivity contribution in [3.05, 3.63) is 40.9 Å². The number of carbonyl (C=O) groups excluding carboxylic acids is 1. The lowest BCUT2D eigenvalue weighted by Gasteiger charge is -2.04. The van der Waals surface area contributed by atoms with Gasteiger partial charge >= 0.3 is 0 Å². The molecule has 124 valence electrons. The molecule has 0 unspecified atom stereocenters. The van der Waals surface area contributed by atoms with Gasteiger partial charge in [0.1, 0.15) is 5.69 Å². The predicted octanol–water partition coefficient (Wildman–Crippen LogP) is 4.90. The number of carbonyl (C=O) groups is 1. The van der Waals surface area contributed by atoms with Crippen molar-refractivity contribution in [2.75, 3.05) is 11.9 Å². The number of hydrogen-bond acceptors (Lipinski definition) is 4. The first-order valence-corrected chi connectivity index (χ1v) is 9.14. The standard InChI is InChI=1S/C18H25N3OS/c1-3-4-5-6-7-11-19-17(22)16-13-23-18(21-16)20-15-10-8-9-14(2)12-15/h8-10,12-13H,3-7,11H2,1-2H3,(H,19,22)(H,20,21). The Labute approximate surface area is 142 Å². The Hall–Kier alpha value is -1.88. The smallest absolute Gasteiger partial charge is 0.270 e. The highest BCUT2D eigenvalue weighted by Gasteiger charge is 2.10. The number of hydrogen-bond donors (Lipinski definition) is 2. The summed E-state index contributed by atoms with van der Waals surface area (Å²) in [5.41, 5.74) is 2.66. The first kappa shape index (κ1) is 17.5. The minimum Gasteiger partial charge on any atom is -0.351 e. The molecule has 0 fully saturated rings. The summed E-state index contributed by atoms with van der Waals surface area (Å²) in [7, 11) is 0. The fourth-order valence-electron chi connectivity index (χ4n) is 2.30. The van der Waals surface area contributed by atoms with Crippen LogP contribution < -0.4 is 10.6 Å². The van der Waals surface area contributed by atoms with Crippen molar-refractivity contribution < 1.29 is 4.79 Å². The van der Waals surface area contributed by atoms with E-state index in [-0.39, 0.29) is 5.91 Å². The maximum atomic E-state index is 12.1. The number of thiazole rings is 1. The monoisotopic (exact) mass is 331 g/mol. The molecule has 1 aromatic heterocycles. The highest BCUT2D eigenvalue weighted by molar-refractivity contribution is 7.14. The SMILES string of the molecule is CCCCCCCNC(=O)c1csc(Nc2cccc(C)c2)n1. The van der Waals surface area contributed by atoms with Crippen molar-refractivity contribution >= 4 is 28.1 Å². The largest absolute Gasteiger partial charge is 0.351 e. The first-order chi connectivity index (χ1) is 11.2. The molecule has 5 heteroatoms. The molecule has 1 amide bonds. The summed E-state index contributed by atoms with van der Waals surface area (Å²) >= 11 is 1.45. The molecule has 0 aliphatic rings. The second kappa shape index (κ2) is 9.30. The van der Waals surface area contributed by atoms with E-state index in [0.29, 0.717) is 5.69 Å². The lowest BCUT2D eigenvalue weighted by molar-refractivity contribution is 0.0948. The number of benzene rings is 1. The molecule has 1 aromatic carbocycles. The molecule has 4 nitrogen and oxygen atoms in total. The minimum absolute atomic E-state index is 0.0889. The van der Waals surface area contributed by atoms with Crippen LogP contribution in [0.1, 0.15) is 55.1 Å². The fraction of sp³-hybridized carbons (Fsp3) is 0.444. The Balaban J connectivity index is 1.78. The van der Waals surface area contributed by atoms with E-state index in [0.717, 1.165) is 23.8 Å². The van der Waals surface area contributed by atoms with Crippen LogP contribution in [0, 0.1) is 6.92 Å². The van der Waals surface area contributed by atoms with Crippen LogP contribution in [0.3, 0.4) is 0 Å². The molecule has 2 rings (SSSR count). The van der Waals surface area contributed by atoms with Gasteiger partial charge in [0.15, 0.2) is 5.13 Å². The number of unbranched alkanes of at least 4 members (excludes halogenated alkanes) is 4. The number of anilines is 2. The third-order valence-corrected chi connectivity index (χ3v) is 4.33. The number of aromatic nitrogens is 1. The van der Waals surface area contributed by atoms with Gasteiger partial charge in [0.05, 0.1) is 0 Å². The van der Waals surface area contributed by atoms with E-state index in [9.17, 15) is 4.79 Å². The summed E-state index contributed by atoms with van der Waals surface area (Å²) in [6.07, 6.45) is 5.96. The van der Waals surface area contributed by atoms with Crippen LogP contribution >= 0.6 is 11.3 Å². The Bertz CT molecular complexity index is 624. The fourth-order valence-corrected chi connectivity index (χ4v) is 3.01. The lowest BCUT2D eigenvalue weighted by Crippen LogP contribution is -2.24. The van der Waals surface area contributed by atoms with Crippen molar-refractivity contribution in [2.45, 2.75) is 46.0 Å². The molecule has 0 aliphatic carbocycles. The van der Waals surface area contributed by atoms with Gasteiger partial charge in [-0.1, -0.05) is 44.7 Å². The zero-order valence-corrected chi connectivity index (χ0v) is 14.7. The second-order valence-corrected chi connectivity index (χ2v) is 6.56. The molecule has 0 bridgehead atoms. The number of aryl methyl sites for hydroxylation is 1. The number of amides is 1. The normalized spacial score (nSPS) is 10.5. The Morgan fingerprint density at radius 3 is 2.83 bits per heavy atom. The maximum absolute atomic E-state index is 12.1. The molecule has 1 heterocycles. The van der Waals surface area contributed by atoms with Gasteiger partial charge in [0.2, 0.25) is 0 Å². The molecule has 0 aliphatic heterocycles. The topological polar surface area (TPSA) is 54.0 Å². The molecule has 23 heavy (non-hydrogen) atoms. The van der Waals surface area contributed by atoms with Crippen LogP contribution in [0.4, 0.5) is 10.8 Å². The van der Waals surface area contributed by atoms with Gasteiger partial charge in [-0.2, -0.15) is 0 Å². The highest BCUT2D eigenvalue weighted by Crippen LogP contribution is 2.21. The number of nitrogens with zero attached hydrogens (tertiary/aromatic N) is 1. The Morgan fingerprint density at radius 1 is 1.22 bits per heavy atom. The molecular formula is C18H25N3OS. The van der Waals surface area contributed by atoms with E-state index in [1.807, 2.05) is 25.1 Å². The maximum Gasteiger partial charge on any atom is 0.270 e.